The first-order chi connectivity index (χ1) is 4.29. The van der Waals surface area contributed by atoms with Crippen molar-refractivity contribution in [3.05, 3.63) is 16.6 Å². The van der Waals surface area contributed by atoms with Gasteiger partial charge in [-0.2, -0.15) is 0 Å². The molecule has 1 rings (SSSR count). The van der Waals surface area contributed by atoms with Gasteiger partial charge in [-0.15, -0.1) is 11.1 Å². The van der Waals surface area contributed by atoms with Gasteiger partial charge in [0.2, 0.25) is 0 Å². The summed E-state index contributed by atoms with van der Waals surface area (Å²) in [5, 5.41) is 2.06. The van der Waals surface area contributed by atoms with E-state index in [9.17, 15) is 0 Å². The topological polar surface area (TPSA) is 12.9 Å². The summed E-state index contributed by atoms with van der Waals surface area (Å²) in [6.07, 6.45) is 1.08. The molecule has 0 aromatic carbocycles. The molecule has 0 saturated carbocycles. The van der Waals surface area contributed by atoms with Gasteiger partial charge in [0.25, 0.3) is 0 Å². The molecule has 0 aliphatic rings. The van der Waals surface area contributed by atoms with E-state index >= 15 is 0 Å². The molecule has 0 aliphatic carbocycles. The molecule has 0 amide bonds. The van der Waals surface area contributed by atoms with Crippen LogP contribution in [-0.2, 0) is 27.5 Å². The second-order valence-corrected chi connectivity index (χ2v) is 3.18. The second-order valence-electron chi connectivity index (χ2n) is 2.53. The molecule has 0 aliphatic heterocycles. The number of rotatable bonds is 2. The van der Waals surface area contributed by atoms with Gasteiger partial charge in [-0.1, -0.05) is 26.2 Å². The summed E-state index contributed by atoms with van der Waals surface area (Å²) in [7, 11) is 0. The van der Waals surface area contributed by atoms with Crippen LogP contribution in [0.3, 0.4) is 0 Å². The van der Waals surface area contributed by atoms with Crippen LogP contribution in [0.25, 0.3) is 0 Å². The molecule has 0 N–H and O–H groups in total. The van der Waals surface area contributed by atoms with Gasteiger partial charge < -0.3 is 4.98 Å². The summed E-state index contributed by atoms with van der Waals surface area (Å²) in [4.78, 5) is 4.05. The Hall–Kier alpha value is 0.318. The van der Waals surface area contributed by atoms with Crippen molar-refractivity contribution >= 4 is 11.3 Å². The van der Waals surface area contributed by atoms with Crippen molar-refractivity contribution in [2.24, 2.45) is 5.92 Å². The average molecular weight is 324 g/mol. The quantitative estimate of drug-likeness (QED) is 0.760. The zero-order valence-electron chi connectivity index (χ0n) is 6.13. The van der Waals surface area contributed by atoms with E-state index in [2.05, 4.69) is 29.7 Å². The first-order valence-electron chi connectivity index (χ1n) is 3.09. The molecule has 0 atom stereocenters. The Kier molecular flexibility index (Phi) is 5.19. The number of hydrogen-bond donors (Lipinski definition) is 0. The number of nitrogens with zero attached hydrogens (tertiary/aromatic N) is 1. The van der Waals surface area contributed by atoms with Gasteiger partial charge in [-0.05, 0) is 5.51 Å². The Balaban J connectivity index is 0.000000810. The maximum atomic E-state index is 4.05. The SMILES string of the molecule is CC(C)Cc1cs[c-]n1.[W]. The fraction of sp³-hybridized carbons (Fsp3) is 0.571. The Morgan fingerprint density at radius 2 is 2.40 bits per heavy atom. The number of hydrogen-bond acceptors (Lipinski definition) is 2. The Labute approximate surface area is 80.1 Å². The van der Waals surface area contributed by atoms with Crippen molar-refractivity contribution in [1.29, 1.82) is 0 Å². The molecule has 3 heteroatoms. The summed E-state index contributed by atoms with van der Waals surface area (Å²) >= 11 is 1.55. The van der Waals surface area contributed by atoms with E-state index in [4.69, 9.17) is 0 Å². The monoisotopic (exact) mass is 324 g/mol. The predicted molar refractivity (Wildman–Crippen MR) is 39.5 cm³/mol. The van der Waals surface area contributed by atoms with Crippen LogP contribution in [0.1, 0.15) is 19.5 Å². The fourth-order valence-corrected chi connectivity index (χ4v) is 1.23. The molecule has 1 nitrogen and oxygen atoms in total. The molecule has 56 valence electrons. The van der Waals surface area contributed by atoms with Crippen LogP contribution in [0.4, 0.5) is 0 Å². The predicted octanol–water partition coefficient (Wildman–Crippen LogP) is 2.14. The van der Waals surface area contributed by atoms with Gasteiger partial charge in [0.15, 0.2) is 0 Å². The van der Waals surface area contributed by atoms with E-state index in [0.29, 0.717) is 5.92 Å². The standard InChI is InChI=1S/C7H10NS.W/c1-6(2)3-7-4-9-5-8-7;/h4,6H,3H2,1-2H3;/q-1;. The van der Waals surface area contributed by atoms with Crippen LogP contribution < -0.4 is 0 Å². The van der Waals surface area contributed by atoms with E-state index in [1.807, 2.05) is 0 Å². The van der Waals surface area contributed by atoms with E-state index in [-0.39, 0.29) is 21.1 Å². The molecule has 1 aromatic rings. The molecule has 0 fully saturated rings. The van der Waals surface area contributed by atoms with E-state index in [1.165, 1.54) is 5.69 Å². The maximum Gasteiger partial charge on any atom is 0 e. The normalized spacial score (nSPS) is 9.50. The third-order valence-corrected chi connectivity index (χ3v) is 1.64. The van der Waals surface area contributed by atoms with Gasteiger partial charge in [0, 0.05) is 21.1 Å². The van der Waals surface area contributed by atoms with E-state index in [1.54, 1.807) is 11.3 Å². The molecular formula is C7H10NSW-. The van der Waals surface area contributed by atoms with Gasteiger partial charge in [-0.3, -0.25) is 11.3 Å². The van der Waals surface area contributed by atoms with Gasteiger partial charge in [0.05, 0.1) is 0 Å². The number of thiazole rings is 1. The van der Waals surface area contributed by atoms with Gasteiger partial charge in [0.1, 0.15) is 0 Å². The minimum absolute atomic E-state index is 0. The summed E-state index contributed by atoms with van der Waals surface area (Å²) in [6, 6.07) is 0. The fourth-order valence-electron chi connectivity index (χ4n) is 0.718. The molecule has 1 heterocycles. The largest absolute Gasteiger partial charge is 0.391 e. The minimum atomic E-state index is 0. The average Bonchev–Trinajstić information content (AvgIpc) is 2.15. The van der Waals surface area contributed by atoms with Crippen LogP contribution >= 0.6 is 11.3 Å². The molecule has 0 bridgehead atoms. The van der Waals surface area contributed by atoms with Gasteiger partial charge >= 0.3 is 0 Å². The second kappa shape index (κ2) is 5.03. The van der Waals surface area contributed by atoms with Crippen molar-refractivity contribution < 1.29 is 21.1 Å². The summed E-state index contributed by atoms with van der Waals surface area (Å²) in [5.74, 6) is 0.709. The smallest absolute Gasteiger partial charge is 0 e. The molecule has 10 heavy (non-hydrogen) atoms. The molecule has 0 saturated heterocycles. The zero-order chi connectivity index (χ0) is 6.69. The molecular weight excluding hydrogens is 314 g/mol. The van der Waals surface area contributed by atoms with Crippen molar-refractivity contribution in [2.45, 2.75) is 20.3 Å². The molecule has 1 aromatic heterocycles. The zero-order valence-corrected chi connectivity index (χ0v) is 9.88. The van der Waals surface area contributed by atoms with Crippen LogP contribution in [0.5, 0.6) is 0 Å². The summed E-state index contributed by atoms with van der Waals surface area (Å²) < 4.78 is 0. The maximum absolute atomic E-state index is 4.05. The first kappa shape index (κ1) is 10.3. The van der Waals surface area contributed by atoms with E-state index in [0.717, 1.165) is 6.42 Å². The Morgan fingerprint density at radius 3 is 2.80 bits per heavy atom. The summed E-state index contributed by atoms with van der Waals surface area (Å²) in [6.45, 7) is 4.39. The Bertz CT molecular complexity index is 160. The van der Waals surface area contributed by atoms with Gasteiger partial charge in [-0.25, -0.2) is 0 Å². The van der Waals surface area contributed by atoms with Crippen molar-refractivity contribution in [3.8, 4) is 0 Å². The number of aromatic nitrogens is 1. The molecule has 0 radical (unpaired) electrons. The third kappa shape index (κ3) is 3.48. The minimum Gasteiger partial charge on any atom is -0.391 e. The first-order valence-corrected chi connectivity index (χ1v) is 3.97. The van der Waals surface area contributed by atoms with Crippen molar-refractivity contribution in [1.82, 2.24) is 4.98 Å². The van der Waals surface area contributed by atoms with E-state index < -0.39 is 0 Å². The van der Waals surface area contributed by atoms with Crippen LogP contribution in [-0.4, -0.2) is 4.98 Å². The van der Waals surface area contributed by atoms with Crippen molar-refractivity contribution in [3.63, 3.8) is 0 Å². The van der Waals surface area contributed by atoms with Crippen LogP contribution in [0.15, 0.2) is 5.38 Å². The third-order valence-electron chi connectivity index (χ3n) is 1.05. The van der Waals surface area contributed by atoms with Crippen molar-refractivity contribution in [2.75, 3.05) is 0 Å². The Morgan fingerprint density at radius 1 is 1.70 bits per heavy atom. The van der Waals surface area contributed by atoms with Crippen LogP contribution in [0, 0.1) is 11.4 Å². The summed E-state index contributed by atoms with van der Waals surface area (Å²) in [5.41, 5.74) is 4.00. The molecule has 0 unspecified atom stereocenters. The van der Waals surface area contributed by atoms with Crippen LogP contribution in [0.2, 0.25) is 0 Å². The molecule has 0 spiro atoms.